The molecule has 0 atom stereocenters. The highest BCUT2D eigenvalue weighted by Gasteiger charge is 2.14. The van der Waals surface area contributed by atoms with Crippen LogP contribution in [-0.2, 0) is 4.74 Å². The SMILES string of the molecule is O=Cc1ccccc1C(=O)OCC(=O)c1ccccc1. The lowest BCUT2D eigenvalue weighted by Crippen LogP contribution is -2.15. The Hall–Kier alpha value is -2.75. The van der Waals surface area contributed by atoms with E-state index in [1.807, 2.05) is 0 Å². The molecule has 0 radical (unpaired) electrons. The van der Waals surface area contributed by atoms with Crippen molar-refractivity contribution in [1.82, 2.24) is 0 Å². The molecule has 100 valence electrons. The second-order valence-electron chi connectivity index (χ2n) is 4.07. The van der Waals surface area contributed by atoms with Gasteiger partial charge < -0.3 is 4.74 Å². The standard InChI is InChI=1S/C16H12O4/c17-10-13-8-4-5-9-14(13)16(19)20-11-15(18)12-6-2-1-3-7-12/h1-10H,11H2. The van der Waals surface area contributed by atoms with Crippen molar-refractivity contribution in [3.8, 4) is 0 Å². The van der Waals surface area contributed by atoms with Crippen LogP contribution >= 0.6 is 0 Å². The van der Waals surface area contributed by atoms with Crippen LogP contribution in [-0.4, -0.2) is 24.6 Å². The number of hydrogen-bond acceptors (Lipinski definition) is 4. The molecule has 0 unspecified atom stereocenters. The Labute approximate surface area is 116 Å². The fourth-order valence-corrected chi connectivity index (χ4v) is 1.70. The van der Waals surface area contributed by atoms with E-state index >= 15 is 0 Å². The van der Waals surface area contributed by atoms with E-state index in [4.69, 9.17) is 4.74 Å². The minimum atomic E-state index is -0.683. The third-order valence-corrected chi connectivity index (χ3v) is 2.74. The van der Waals surface area contributed by atoms with Crippen LogP contribution in [0.15, 0.2) is 54.6 Å². The lowest BCUT2D eigenvalue weighted by atomic mass is 10.1. The van der Waals surface area contributed by atoms with Crippen molar-refractivity contribution < 1.29 is 19.1 Å². The summed E-state index contributed by atoms with van der Waals surface area (Å²) < 4.78 is 4.94. The number of aldehydes is 1. The summed E-state index contributed by atoms with van der Waals surface area (Å²) in [5, 5.41) is 0. The zero-order valence-electron chi connectivity index (χ0n) is 10.6. The minimum absolute atomic E-state index is 0.156. The first kappa shape index (κ1) is 13.7. The molecule has 0 amide bonds. The highest BCUT2D eigenvalue weighted by molar-refractivity contribution is 6.01. The van der Waals surface area contributed by atoms with E-state index in [1.54, 1.807) is 42.5 Å². The zero-order valence-corrected chi connectivity index (χ0v) is 10.6. The lowest BCUT2D eigenvalue weighted by Gasteiger charge is -2.05. The molecule has 0 aromatic heterocycles. The van der Waals surface area contributed by atoms with Gasteiger partial charge in [-0.05, 0) is 6.07 Å². The molecular weight excluding hydrogens is 256 g/mol. The second-order valence-corrected chi connectivity index (χ2v) is 4.07. The molecule has 20 heavy (non-hydrogen) atoms. The van der Waals surface area contributed by atoms with Crippen molar-refractivity contribution in [2.24, 2.45) is 0 Å². The number of ketones is 1. The molecule has 2 aromatic carbocycles. The van der Waals surface area contributed by atoms with E-state index in [2.05, 4.69) is 0 Å². The number of rotatable bonds is 5. The zero-order chi connectivity index (χ0) is 14.4. The van der Waals surface area contributed by atoms with Gasteiger partial charge in [-0.3, -0.25) is 9.59 Å². The van der Waals surface area contributed by atoms with Crippen LogP contribution in [0.1, 0.15) is 31.1 Å². The van der Waals surface area contributed by atoms with Gasteiger partial charge in [0.15, 0.2) is 18.7 Å². The van der Waals surface area contributed by atoms with Gasteiger partial charge in [-0.1, -0.05) is 48.5 Å². The van der Waals surface area contributed by atoms with E-state index in [1.165, 1.54) is 12.1 Å². The maximum Gasteiger partial charge on any atom is 0.339 e. The topological polar surface area (TPSA) is 60.4 Å². The molecule has 0 aliphatic heterocycles. The van der Waals surface area contributed by atoms with Crippen LogP contribution < -0.4 is 0 Å². The molecule has 0 saturated heterocycles. The van der Waals surface area contributed by atoms with E-state index in [0.717, 1.165) is 0 Å². The predicted molar refractivity (Wildman–Crippen MR) is 72.9 cm³/mol. The number of esters is 1. The average Bonchev–Trinajstić information content (AvgIpc) is 2.53. The third-order valence-electron chi connectivity index (χ3n) is 2.74. The minimum Gasteiger partial charge on any atom is -0.454 e. The number of carbonyl (C=O) groups excluding carboxylic acids is 3. The summed E-state index contributed by atoms with van der Waals surface area (Å²) in [5.74, 6) is -0.973. The fraction of sp³-hybridized carbons (Fsp3) is 0.0625. The van der Waals surface area contributed by atoms with Gasteiger partial charge in [0.1, 0.15) is 0 Å². The molecule has 2 aromatic rings. The van der Waals surface area contributed by atoms with Gasteiger partial charge in [-0.25, -0.2) is 4.79 Å². The lowest BCUT2D eigenvalue weighted by molar-refractivity contribution is 0.0473. The Bertz CT molecular complexity index is 632. The summed E-state index contributed by atoms with van der Waals surface area (Å²) in [6.45, 7) is -0.351. The van der Waals surface area contributed by atoms with Gasteiger partial charge in [0.05, 0.1) is 5.56 Å². The molecule has 0 fully saturated rings. The first-order chi connectivity index (χ1) is 9.72. The normalized spacial score (nSPS) is 9.80. The number of Topliss-reactive ketones (excluding diaryl/α,β-unsaturated/α-hetero) is 1. The predicted octanol–water partition coefficient (Wildman–Crippen LogP) is 2.54. The second kappa shape index (κ2) is 6.43. The summed E-state index contributed by atoms with van der Waals surface area (Å²) in [4.78, 5) is 34.4. The van der Waals surface area contributed by atoms with Gasteiger partial charge in [-0.15, -0.1) is 0 Å². The van der Waals surface area contributed by atoms with Crippen LogP contribution in [0.4, 0.5) is 0 Å². The van der Waals surface area contributed by atoms with Gasteiger partial charge >= 0.3 is 5.97 Å². The molecule has 4 heteroatoms. The molecule has 0 aliphatic carbocycles. The van der Waals surface area contributed by atoms with Gasteiger partial charge in [0, 0.05) is 11.1 Å². The van der Waals surface area contributed by atoms with Gasteiger partial charge in [-0.2, -0.15) is 0 Å². The van der Waals surface area contributed by atoms with Crippen LogP contribution in [0.2, 0.25) is 0 Å². The first-order valence-electron chi connectivity index (χ1n) is 6.02. The molecule has 4 nitrogen and oxygen atoms in total. The van der Waals surface area contributed by atoms with Crippen LogP contribution in [0, 0.1) is 0 Å². The number of carbonyl (C=O) groups is 3. The van der Waals surface area contributed by atoms with Crippen molar-refractivity contribution in [1.29, 1.82) is 0 Å². The summed E-state index contributed by atoms with van der Waals surface area (Å²) in [5.41, 5.74) is 0.872. The van der Waals surface area contributed by atoms with Gasteiger partial charge in [0.2, 0.25) is 0 Å². The quantitative estimate of drug-likeness (QED) is 0.475. The van der Waals surface area contributed by atoms with E-state index in [9.17, 15) is 14.4 Å². The fourth-order valence-electron chi connectivity index (χ4n) is 1.70. The largest absolute Gasteiger partial charge is 0.454 e. The monoisotopic (exact) mass is 268 g/mol. The number of ether oxygens (including phenoxy) is 1. The highest BCUT2D eigenvalue weighted by Crippen LogP contribution is 2.08. The molecular formula is C16H12O4. The summed E-state index contributed by atoms with van der Waals surface area (Å²) >= 11 is 0. The smallest absolute Gasteiger partial charge is 0.339 e. The van der Waals surface area contributed by atoms with Crippen molar-refractivity contribution in [2.45, 2.75) is 0 Å². The molecule has 0 N–H and O–H groups in total. The molecule has 0 aliphatic rings. The summed E-state index contributed by atoms with van der Waals surface area (Å²) in [6.07, 6.45) is 0.579. The van der Waals surface area contributed by atoms with E-state index in [-0.39, 0.29) is 23.5 Å². The van der Waals surface area contributed by atoms with Crippen molar-refractivity contribution in [2.75, 3.05) is 6.61 Å². The maximum absolute atomic E-state index is 11.8. The Morgan fingerprint density at radius 3 is 2.30 bits per heavy atom. The first-order valence-corrected chi connectivity index (χ1v) is 6.02. The maximum atomic E-state index is 11.8. The number of benzene rings is 2. The van der Waals surface area contributed by atoms with Crippen molar-refractivity contribution in [3.05, 3.63) is 71.3 Å². The molecule has 0 bridgehead atoms. The summed E-state index contributed by atoms with van der Waals surface area (Å²) in [7, 11) is 0. The molecule has 0 heterocycles. The van der Waals surface area contributed by atoms with Crippen LogP contribution in [0.5, 0.6) is 0 Å². The Morgan fingerprint density at radius 2 is 1.60 bits per heavy atom. The Morgan fingerprint density at radius 1 is 0.950 bits per heavy atom. The van der Waals surface area contributed by atoms with E-state index in [0.29, 0.717) is 11.8 Å². The van der Waals surface area contributed by atoms with Crippen molar-refractivity contribution >= 4 is 18.0 Å². The van der Waals surface area contributed by atoms with E-state index < -0.39 is 5.97 Å². The Kier molecular flexibility index (Phi) is 4.39. The van der Waals surface area contributed by atoms with Crippen LogP contribution in [0.3, 0.4) is 0 Å². The third kappa shape index (κ3) is 3.17. The number of hydrogen-bond donors (Lipinski definition) is 0. The van der Waals surface area contributed by atoms with Crippen molar-refractivity contribution in [3.63, 3.8) is 0 Å². The Balaban J connectivity index is 2.02. The molecule has 2 rings (SSSR count). The van der Waals surface area contributed by atoms with Gasteiger partial charge in [0.25, 0.3) is 0 Å². The summed E-state index contributed by atoms with van der Waals surface area (Å²) in [6, 6.07) is 14.8. The molecule has 0 spiro atoms. The molecule has 0 saturated carbocycles. The van der Waals surface area contributed by atoms with Crippen LogP contribution in [0.25, 0.3) is 0 Å². The highest BCUT2D eigenvalue weighted by atomic mass is 16.5. The average molecular weight is 268 g/mol.